The van der Waals surface area contributed by atoms with Crippen LogP contribution in [0.25, 0.3) is 10.8 Å². The van der Waals surface area contributed by atoms with E-state index in [9.17, 15) is 4.39 Å². The molecule has 3 rings (SSSR count). The van der Waals surface area contributed by atoms with Crippen molar-refractivity contribution in [2.24, 2.45) is 0 Å². The van der Waals surface area contributed by atoms with Gasteiger partial charge >= 0.3 is 0 Å². The van der Waals surface area contributed by atoms with E-state index in [1.165, 1.54) is 6.07 Å². The number of nitriles is 1. The Kier molecular flexibility index (Phi) is 3.53. The average molecular weight is 277 g/mol. The third-order valence-corrected chi connectivity index (χ3v) is 3.30. The zero-order chi connectivity index (χ0) is 14.7. The molecule has 3 aromatic rings. The second-order valence-electron chi connectivity index (χ2n) is 4.72. The predicted octanol–water partition coefficient (Wildman–Crippen LogP) is 4.43. The van der Waals surface area contributed by atoms with Crippen LogP contribution < -0.4 is 4.74 Å². The van der Waals surface area contributed by atoms with Gasteiger partial charge in [0, 0.05) is 5.56 Å². The van der Waals surface area contributed by atoms with Gasteiger partial charge in [-0.25, -0.2) is 4.39 Å². The van der Waals surface area contributed by atoms with Crippen LogP contribution in [0.4, 0.5) is 4.39 Å². The summed E-state index contributed by atoms with van der Waals surface area (Å²) in [6, 6.07) is 20.0. The monoisotopic (exact) mass is 277 g/mol. The molecule has 0 fully saturated rings. The Morgan fingerprint density at radius 3 is 2.52 bits per heavy atom. The Balaban J connectivity index is 1.78. The van der Waals surface area contributed by atoms with E-state index >= 15 is 0 Å². The molecule has 0 aromatic heterocycles. The summed E-state index contributed by atoms with van der Waals surface area (Å²) in [7, 11) is 0. The number of benzene rings is 3. The molecule has 21 heavy (non-hydrogen) atoms. The summed E-state index contributed by atoms with van der Waals surface area (Å²) in [5.74, 6) is 0.271. The van der Waals surface area contributed by atoms with Crippen LogP contribution >= 0.6 is 0 Å². The molecular formula is C18H12FNO. The number of fused-ring (bicyclic) bond motifs is 1. The van der Waals surface area contributed by atoms with Crippen LogP contribution in [0.2, 0.25) is 0 Å². The van der Waals surface area contributed by atoms with Gasteiger partial charge in [-0.15, -0.1) is 0 Å². The molecule has 3 heteroatoms. The lowest BCUT2D eigenvalue weighted by molar-refractivity contribution is 0.300. The molecule has 0 aliphatic heterocycles. The Bertz CT molecular complexity index is 836. The molecular weight excluding hydrogens is 265 g/mol. The Labute approximate surface area is 122 Å². The van der Waals surface area contributed by atoms with Crippen molar-refractivity contribution in [3.05, 3.63) is 77.6 Å². The van der Waals surface area contributed by atoms with E-state index in [1.807, 2.05) is 48.5 Å². The zero-order valence-electron chi connectivity index (χ0n) is 11.2. The first-order valence-electron chi connectivity index (χ1n) is 6.56. The van der Waals surface area contributed by atoms with Gasteiger partial charge in [-0.2, -0.15) is 5.26 Å². The minimum atomic E-state index is -0.421. The number of hydrogen-bond donors (Lipinski definition) is 0. The molecule has 0 radical (unpaired) electrons. The summed E-state index contributed by atoms with van der Waals surface area (Å²) in [6.07, 6.45) is 0. The minimum absolute atomic E-state index is 0.135. The molecule has 0 bridgehead atoms. The highest BCUT2D eigenvalue weighted by molar-refractivity contribution is 5.83. The van der Waals surface area contributed by atoms with Gasteiger partial charge in [0.2, 0.25) is 0 Å². The lowest BCUT2D eigenvalue weighted by atomic mass is 10.1. The molecule has 0 N–H and O–H groups in total. The summed E-state index contributed by atoms with van der Waals surface area (Å²) in [5, 5.41) is 10.9. The van der Waals surface area contributed by atoms with Gasteiger partial charge < -0.3 is 4.74 Å². The smallest absolute Gasteiger partial charge is 0.131 e. The van der Waals surface area contributed by atoms with Gasteiger partial charge in [0.05, 0.1) is 11.6 Å². The highest BCUT2D eigenvalue weighted by Gasteiger charge is 2.05. The summed E-state index contributed by atoms with van der Waals surface area (Å²) < 4.78 is 19.4. The third kappa shape index (κ3) is 2.85. The molecule has 0 amide bonds. The number of rotatable bonds is 3. The summed E-state index contributed by atoms with van der Waals surface area (Å²) >= 11 is 0. The molecule has 0 spiro atoms. The fourth-order valence-electron chi connectivity index (χ4n) is 2.15. The van der Waals surface area contributed by atoms with Crippen molar-refractivity contribution in [3.8, 4) is 11.8 Å². The second kappa shape index (κ2) is 5.64. The van der Waals surface area contributed by atoms with Crippen LogP contribution in [0, 0.1) is 17.1 Å². The highest BCUT2D eigenvalue weighted by Crippen LogP contribution is 2.22. The molecule has 0 aliphatic carbocycles. The maximum Gasteiger partial charge on any atom is 0.131 e. The molecule has 0 heterocycles. The van der Waals surface area contributed by atoms with Crippen molar-refractivity contribution < 1.29 is 9.13 Å². The largest absolute Gasteiger partial charge is 0.489 e. The fraction of sp³-hybridized carbons (Fsp3) is 0.0556. The maximum atomic E-state index is 13.8. The van der Waals surface area contributed by atoms with E-state index in [-0.39, 0.29) is 6.61 Å². The number of nitrogens with zero attached hydrogens (tertiary/aromatic N) is 1. The Hall–Kier alpha value is -2.86. The Morgan fingerprint density at radius 2 is 1.76 bits per heavy atom. The molecule has 3 aromatic carbocycles. The number of halogens is 1. The van der Waals surface area contributed by atoms with Crippen molar-refractivity contribution >= 4 is 10.8 Å². The quantitative estimate of drug-likeness (QED) is 0.709. The van der Waals surface area contributed by atoms with Crippen molar-refractivity contribution in [2.75, 3.05) is 0 Å². The van der Waals surface area contributed by atoms with Crippen molar-refractivity contribution in [3.63, 3.8) is 0 Å². The summed E-state index contributed by atoms with van der Waals surface area (Å²) in [5.41, 5.74) is 0.740. The van der Waals surface area contributed by atoms with Gasteiger partial charge in [-0.05, 0) is 35.0 Å². The Morgan fingerprint density at radius 1 is 0.952 bits per heavy atom. The second-order valence-corrected chi connectivity index (χ2v) is 4.72. The van der Waals surface area contributed by atoms with Gasteiger partial charge in [0.25, 0.3) is 0 Å². The van der Waals surface area contributed by atoms with Crippen LogP contribution in [0.1, 0.15) is 11.1 Å². The number of ether oxygens (including phenoxy) is 1. The van der Waals surface area contributed by atoms with Crippen molar-refractivity contribution in [1.82, 2.24) is 0 Å². The molecule has 0 atom stereocenters. The maximum absolute atomic E-state index is 13.8. The molecule has 2 nitrogen and oxygen atoms in total. The van der Waals surface area contributed by atoms with E-state index in [2.05, 4.69) is 0 Å². The van der Waals surface area contributed by atoms with Gasteiger partial charge in [0.1, 0.15) is 18.2 Å². The van der Waals surface area contributed by atoms with Crippen LogP contribution in [0.5, 0.6) is 5.75 Å². The first kappa shape index (κ1) is 13.1. The normalized spacial score (nSPS) is 10.3. The topological polar surface area (TPSA) is 33.0 Å². The van der Waals surface area contributed by atoms with E-state index in [4.69, 9.17) is 10.00 Å². The fourth-order valence-corrected chi connectivity index (χ4v) is 2.15. The minimum Gasteiger partial charge on any atom is -0.489 e. The summed E-state index contributed by atoms with van der Waals surface area (Å²) in [6.45, 7) is 0.135. The summed E-state index contributed by atoms with van der Waals surface area (Å²) in [4.78, 5) is 0. The van der Waals surface area contributed by atoms with E-state index < -0.39 is 5.82 Å². The standard InChI is InChI=1S/C18H12FNO/c19-18-9-13(11-20)5-6-16(18)12-21-17-8-7-14-3-1-2-4-15(14)10-17/h1-10H,12H2. The first-order chi connectivity index (χ1) is 10.3. The van der Waals surface area contributed by atoms with Crippen molar-refractivity contribution in [1.29, 1.82) is 5.26 Å². The molecule has 0 unspecified atom stereocenters. The zero-order valence-corrected chi connectivity index (χ0v) is 11.2. The van der Waals surface area contributed by atoms with E-state index in [0.29, 0.717) is 16.9 Å². The molecule has 0 saturated carbocycles. The lowest BCUT2D eigenvalue weighted by Crippen LogP contribution is -1.99. The first-order valence-corrected chi connectivity index (χ1v) is 6.56. The van der Waals surface area contributed by atoms with Crippen LogP contribution in [0.15, 0.2) is 60.7 Å². The van der Waals surface area contributed by atoms with E-state index in [1.54, 1.807) is 12.1 Å². The van der Waals surface area contributed by atoms with Crippen LogP contribution in [-0.4, -0.2) is 0 Å². The third-order valence-electron chi connectivity index (χ3n) is 3.30. The molecule has 0 saturated heterocycles. The van der Waals surface area contributed by atoms with Gasteiger partial charge in [-0.3, -0.25) is 0 Å². The average Bonchev–Trinajstić information content (AvgIpc) is 2.53. The molecule has 102 valence electrons. The van der Waals surface area contributed by atoms with Crippen LogP contribution in [-0.2, 0) is 6.61 Å². The molecule has 0 aliphatic rings. The van der Waals surface area contributed by atoms with Crippen LogP contribution in [0.3, 0.4) is 0 Å². The predicted molar refractivity (Wildman–Crippen MR) is 79.4 cm³/mol. The number of hydrogen-bond acceptors (Lipinski definition) is 2. The highest BCUT2D eigenvalue weighted by atomic mass is 19.1. The van der Waals surface area contributed by atoms with Gasteiger partial charge in [-0.1, -0.05) is 36.4 Å². The lowest BCUT2D eigenvalue weighted by Gasteiger charge is -2.08. The van der Waals surface area contributed by atoms with Gasteiger partial charge in [0.15, 0.2) is 0 Å². The SMILES string of the molecule is N#Cc1ccc(COc2ccc3ccccc3c2)c(F)c1. The van der Waals surface area contributed by atoms with E-state index in [0.717, 1.165) is 10.8 Å². The van der Waals surface area contributed by atoms with Crippen molar-refractivity contribution in [2.45, 2.75) is 6.61 Å².